The van der Waals surface area contributed by atoms with E-state index in [9.17, 15) is 0 Å². The molecule has 0 aliphatic carbocycles. The Morgan fingerprint density at radius 2 is 2.50 bits per heavy atom. The van der Waals surface area contributed by atoms with Gasteiger partial charge in [0, 0.05) is 6.42 Å². The maximum atomic E-state index is 9.07. The smallest absolute Gasteiger partial charge is 0.155 e. The first kappa shape index (κ1) is 6.74. The molecule has 0 atom stereocenters. The molecule has 52 valence electrons. The topological polar surface area (TPSA) is 46.0 Å². The Morgan fingerprint density at radius 3 is 3.10 bits per heavy atom. The first-order valence-electron chi connectivity index (χ1n) is 2.93. The molecule has 1 N–H and O–H groups in total. The van der Waals surface area contributed by atoms with Crippen molar-refractivity contribution in [3.63, 3.8) is 0 Å². The molecule has 0 spiro atoms. The van der Waals surface area contributed by atoms with Crippen LogP contribution in [0.15, 0.2) is 25.2 Å². The van der Waals surface area contributed by atoms with E-state index in [0.717, 1.165) is 0 Å². The maximum absolute atomic E-state index is 9.07. The molecule has 0 aromatic carbocycles. The Balaban J connectivity index is 2.91. The van der Waals surface area contributed by atoms with Crippen LogP contribution in [0.3, 0.4) is 0 Å². The lowest BCUT2D eigenvalue weighted by Gasteiger charge is -1.95. The number of nitrogens with zero attached hydrogens (tertiary/aromatic N) is 2. The van der Waals surface area contributed by atoms with Gasteiger partial charge in [-0.05, 0) is 0 Å². The van der Waals surface area contributed by atoms with Crippen molar-refractivity contribution in [2.45, 2.75) is 6.42 Å². The van der Waals surface area contributed by atoms with E-state index < -0.39 is 0 Å². The van der Waals surface area contributed by atoms with Gasteiger partial charge in [-0.25, -0.2) is 9.97 Å². The summed E-state index contributed by atoms with van der Waals surface area (Å²) in [6.07, 6.45) is 5.03. The van der Waals surface area contributed by atoms with Gasteiger partial charge < -0.3 is 5.11 Å². The van der Waals surface area contributed by atoms with Crippen molar-refractivity contribution >= 4 is 0 Å². The molecule has 1 heterocycles. The molecule has 0 bridgehead atoms. The van der Waals surface area contributed by atoms with Crippen LogP contribution in [-0.4, -0.2) is 15.1 Å². The highest BCUT2D eigenvalue weighted by atomic mass is 16.3. The zero-order valence-electron chi connectivity index (χ0n) is 5.49. The van der Waals surface area contributed by atoms with E-state index in [0.29, 0.717) is 12.1 Å². The van der Waals surface area contributed by atoms with Crippen molar-refractivity contribution in [3.05, 3.63) is 30.9 Å². The second kappa shape index (κ2) is 2.96. The second-order valence-corrected chi connectivity index (χ2v) is 1.85. The Kier molecular flexibility index (Phi) is 1.99. The van der Waals surface area contributed by atoms with Crippen LogP contribution in [0.1, 0.15) is 5.69 Å². The SMILES string of the molecule is C=CCc1ncncc1O. The Labute approximate surface area is 59.1 Å². The van der Waals surface area contributed by atoms with Gasteiger partial charge in [0.05, 0.1) is 11.9 Å². The van der Waals surface area contributed by atoms with Crippen LogP contribution in [0.5, 0.6) is 5.75 Å². The minimum atomic E-state index is 0.127. The standard InChI is InChI=1S/C7H8N2O/c1-2-3-6-7(10)4-8-5-9-6/h2,4-5,10H,1,3H2. The van der Waals surface area contributed by atoms with Crippen LogP contribution in [0.25, 0.3) is 0 Å². The van der Waals surface area contributed by atoms with Crippen LogP contribution in [-0.2, 0) is 6.42 Å². The zero-order valence-corrected chi connectivity index (χ0v) is 5.49. The average molecular weight is 136 g/mol. The summed E-state index contributed by atoms with van der Waals surface area (Å²) in [5.74, 6) is 0.127. The van der Waals surface area contributed by atoms with Gasteiger partial charge in [0.2, 0.25) is 0 Å². The molecule has 1 aromatic rings. The molecule has 0 saturated heterocycles. The molecule has 3 heteroatoms. The van der Waals surface area contributed by atoms with E-state index in [1.807, 2.05) is 0 Å². The third kappa shape index (κ3) is 1.31. The Hall–Kier alpha value is -1.38. The highest BCUT2D eigenvalue weighted by Crippen LogP contribution is 2.10. The second-order valence-electron chi connectivity index (χ2n) is 1.85. The zero-order chi connectivity index (χ0) is 7.40. The van der Waals surface area contributed by atoms with Crippen LogP contribution in [0, 0.1) is 0 Å². The number of aromatic hydroxyl groups is 1. The number of hydrogen-bond donors (Lipinski definition) is 1. The van der Waals surface area contributed by atoms with Crippen molar-refractivity contribution in [3.8, 4) is 5.75 Å². The van der Waals surface area contributed by atoms with E-state index in [4.69, 9.17) is 5.11 Å². The summed E-state index contributed by atoms with van der Waals surface area (Å²) in [5.41, 5.74) is 0.616. The van der Waals surface area contributed by atoms with Crippen molar-refractivity contribution in [1.82, 2.24) is 9.97 Å². The molecule has 0 fully saturated rings. The summed E-state index contributed by atoms with van der Waals surface area (Å²) in [6, 6.07) is 0. The van der Waals surface area contributed by atoms with Crippen LogP contribution >= 0.6 is 0 Å². The summed E-state index contributed by atoms with van der Waals surface area (Å²) in [7, 11) is 0. The molecule has 0 amide bonds. The van der Waals surface area contributed by atoms with E-state index in [1.54, 1.807) is 6.08 Å². The third-order valence-electron chi connectivity index (χ3n) is 1.11. The normalized spacial score (nSPS) is 9.20. The molecule has 0 aliphatic heterocycles. The number of aromatic nitrogens is 2. The third-order valence-corrected chi connectivity index (χ3v) is 1.11. The average Bonchev–Trinajstić information content (AvgIpc) is 1.94. The Bertz CT molecular complexity index is 235. The van der Waals surface area contributed by atoms with Gasteiger partial charge in [-0.2, -0.15) is 0 Å². The summed E-state index contributed by atoms with van der Waals surface area (Å²) in [6.45, 7) is 3.53. The van der Waals surface area contributed by atoms with E-state index in [-0.39, 0.29) is 5.75 Å². The molecule has 1 rings (SSSR count). The van der Waals surface area contributed by atoms with Crippen LogP contribution in [0.4, 0.5) is 0 Å². The molecule has 10 heavy (non-hydrogen) atoms. The summed E-state index contributed by atoms with van der Waals surface area (Å²) >= 11 is 0. The Morgan fingerprint density at radius 1 is 1.70 bits per heavy atom. The van der Waals surface area contributed by atoms with Gasteiger partial charge in [-0.3, -0.25) is 0 Å². The number of hydrogen-bond acceptors (Lipinski definition) is 3. The van der Waals surface area contributed by atoms with Crippen molar-refractivity contribution in [2.24, 2.45) is 0 Å². The van der Waals surface area contributed by atoms with Gasteiger partial charge in [0.25, 0.3) is 0 Å². The highest BCUT2D eigenvalue weighted by molar-refractivity contribution is 5.22. The molecule has 0 unspecified atom stereocenters. The minimum Gasteiger partial charge on any atom is -0.504 e. The first-order valence-corrected chi connectivity index (χ1v) is 2.93. The van der Waals surface area contributed by atoms with Crippen LogP contribution in [0.2, 0.25) is 0 Å². The van der Waals surface area contributed by atoms with Gasteiger partial charge >= 0.3 is 0 Å². The molecule has 0 radical (unpaired) electrons. The lowest BCUT2D eigenvalue weighted by Crippen LogP contribution is -1.87. The van der Waals surface area contributed by atoms with Crippen LogP contribution < -0.4 is 0 Å². The molecule has 0 aliphatic rings. The first-order chi connectivity index (χ1) is 4.84. The fourth-order valence-corrected chi connectivity index (χ4v) is 0.642. The van der Waals surface area contributed by atoms with Crippen molar-refractivity contribution in [1.29, 1.82) is 0 Å². The largest absolute Gasteiger partial charge is 0.504 e. The molecule has 3 nitrogen and oxygen atoms in total. The van der Waals surface area contributed by atoms with Gasteiger partial charge in [-0.15, -0.1) is 6.58 Å². The fourth-order valence-electron chi connectivity index (χ4n) is 0.642. The number of allylic oxidation sites excluding steroid dienone is 1. The summed E-state index contributed by atoms with van der Waals surface area (Å²) < 4.78 is 0. The quantitative estimate of drug-likeness (QED) is 0.614. The molecular weight excluding hydrogens is 128 g/mol. The van der Waals surface area contributed by atoms with Gasteiger partial charge in [-0.1, -0.05) is 6.08 Å². The van der Waals surface area contributed by atoms with E-state index in [2.05, 4.69) is 16.5 Å². The van der Waals surface area contributed by atoms with Gasteiger partial charge in [0.1, 0.15) is 6.33 Å². The van der Waals surface area contributed by atoms with E-state index >= 15 is 0 Å². The van der Waals surface area contributed by atoms with Crippen molar-refractivity contribution in [2.75, 3.05) is 0 Å². The summed E-state index contributed by atoms with van der Waals surface area (Å²) in [4.78, 5) is 7.47. The predicted octanol–water partition coefficient (Wildman–Crippen LogP) is 0.911. The summed E-state index contributed by atoms with van der Waals surface area (Å²) in [5, 5.41) is 9.07. The minimum absolute atomic E-state index is 0.127. The molecular formula is C7H8N2O. The lowest BCUT2D eigenvalue weighted by atomic mass is 10.3. The predicted molar refractivity (Wildman–Crippen MR) is 37.6 cm³/mol. The monoisotopic (exact) mass is 136 g/mol. The lowest BCUT2D eigenvalue weighted by molar-refractivity contribution is 0.462. The molecule has 1 aromatic heterocycles. The van der Waals surface area contributed by atoms with E-state index in [1.165, 1.54) is 12.5 Å². The van der Waals surface area contributed by atoms with Crippen molar-refractivity contribution < 1.29 is 5.11 Å². The maximum Gasteiger partial charge on any atom is 0.155 e. The highest BCUT2D eigenvalue weighted by Gasteiger charge is 1.96. The number of rotatable bonds is 2. The molecule has 0 saturated carbocycles. The van der Waals surface area contributed by atoms with Gasteiger partial charge in [0.15, 0.2) is 5.75 Å². The fraction of sp³-hybridized carbons (Fsp3) is 0.143.